The minimum atomic E-state index is -3.40. The van der Waals surface area contributed by atoms with Crippen molar-refractivity contribution in [3.05, 3.63) is 71.3 Å². The van der Waals surface area contributed by atoms with Gasteiger partial charge in [-0.1, -0.05) is 55.0 Å². The van der Waals surface area contributed by atoms with Gasteiger partial charge in [0.05, 0.1) is 5.75 Å². The average Bonchev–Trinajstić information content (AvgIpc) is 2.77. The molecule has 3 rings (SSSR count). The number of piperazine rings is 1. The van der Waals surface area contributed by atoms with E-state index in [0.717, 1.165) is 11.1 Å². The summed E-state index contributed by atoms with van der Waals surface area (Å²) in [6, 6.07) is 17.4. The van der Waals surface area contributed by atoms with Crippen LogP contribution in [0.15, 0.2) is 54.6 Å². The number of nitrogens with one attached hydrogen (secondary N) is 1. The van der Waals surface area contributed by atoms with Gasteiger partial charge in [-0.25, -0.2) is 8.42 Å². The molecule has 6 nitrogen and oxygen atoms in total. The summed E-state index contributed by atoms with van der Waals surface area (Å²) < 4.78 is 27.1. The Hall–Kier alpha value is -2.22. The zero-order valence-corrected chi connectivity index (χ0v) is 18.6. The molecule has 2 aromatic carbocycles. The third-order valence-electron chi connectivity index (χ3n) is 5.54. The standard InChI is InChI=1S/C23H31N3O3S/c1-19-8-10-22(11-9-19)23(27)25(18-20(2)21-6-4-3-5-7-21)16-17-30(28,29)26-14-12-24-13-15-26/h3-11,20,24H,12-18H2,1-2H3/t20-/m1/s1. The van der Waals surface area contributed by atoms with Gasteiger partial charge in [-0.2, -0.15) is 4.31 Å². The summed E-state index contributed by atoms with van der Waals surface area (Å²) in [6.07, 6.45) is 0. The fraction of sp³-hybridized carbons (Fsp3) is 0.435. The molecule has 1 amide bonds. The van der Waals surface area contributed by atoms with Crippen LogP contribution < -0.4 is 5.32 Å². The van der Waals surface area contributed by atoms with Crippen LogP contribution >= 0.6 is 0 Å². The normalized spacial score (nSPS) is 16.2. The van der Waals surface area contributed by atoms with E-state index < -0.39 is 10.0 Å². The number of hydrogen-bond donors (Lipinski definition) is 1. The van der Waals surface area contributed by atoms with Crippen LogP contribution in [0, 0.1) is 6.92 Å². The molecule has 1 aliphatic heterocycles. The molecule has 7 heteroatoms. The second kappa shape index (κ2) is 10.2. The predicted octanol–water partition coefficient (Wildman–Crippen LogP) is 2.48. The molecule has 0 unspecified atom stereocenters. The second-order valence-corrected chi connectivity index (χ2v) is 9.98. The van der Waals surface area contributed by atoms with Crippen molar-refractivity contribution in [3.63, 3.8) is 0 Å². The van der Waals surface area contributed by atoms with Crippen molar-refractivity contribution >= 4 is 15.9 Å². The van der Waals surface area contributed by atoms with Crippen LogP contribution in [0.25, 0.3) is 0 Å². The van der Waals surface area contributed by atoms with Gasteiger partial charge in [0.25, 0.3) is 5.91 Å². The number of hydrogen-bond acceptors (Lipinski definition) is 4. The number of benzene rings is 2. The highest BCUT2D eigenvalue weighted by Gasteiger charge is 2.26. The minimum absolute atomic E-state index is 0.0634. The van der Waals surface area contributed by atoms with Crippen LogP contribution in [-0.2, 0) is 10.0 Å². The zero-order chi connectivity index (χ0) is 21.6. The Morgan fingerprint density at radius 3 is 2.33 bits per heavy atom. The highest BCUT2D eigenvalue weighted by molar-refractivity contribution is 7.89. The Morgan fingerprint density at radius 1 is 1.07 bits per heavy atom. The maximum atomic E-state index is 13.2. The minimum Gasteiger partial charge on any atom is -0.337 e. The molecule has 162 valence electrons. The highest BCUT2D eigenvalue weighted by Crippen LogP contribution is 2.18. The molecule has 0 aliphatic carbocycles. The van der Waals surface area contributed by atoms with Gasteiger partial charge in [-0.15, -0.1) is 0 Å². The van der Waals surface area contributed by atoms with Crippen molar-refractivity contribution in [3.8, 4) is 0 Å². The fourth-order valence-electron chi connectivity index (χ4n) is 3.65. The van der Waals surface area contributed by atoms with E-state index in [1.165, 1.54) is 4.31 Å². The first-order valence-electron chi connectivity index (χ1n) is 10.5. The lowest BCUT2D eigenvalue weighted by atomic mass is 10.0. The third kappa shape index (κ3) is 5.90. The van der Waals surface area contributed by atoms with E-state index in [4.69, 9.17) is 0 Å². The van der Waals surface area contributed by atoms with Crippen molar-refractivity contribution < 1.29 is 13.2 Å². The van der Waals surface area contributed by atoms with Crippen LogP contribution in [0.5, 0.6) is 0 Å². The zero-order valence-electron chi connectivity index (χ0n) is 17.8. The van der Waals surface area contributed by atoms with Gasteiger partial charge >= 0.3 is 0 Å². The molecule has 1 aliphatic rings. The summed E-state index contributed by atoms with van der Waals surface area (Å²) in [5.74, 6) is -0.0951. The van der Waals surface area contributed by atoms with Gasteiger partial charge in [-0.05, 0) is 30.5 Å². The Morgan fingerprint density at radius 2 is 1.70 bits per heavy atom. The lowest BCUT2D eigenvalue weighted by Crippen LogP contribution is -2.48. The predicted molar refractivity (Wildman–Crippen MR) is 120 cm³/mol. The van der Waals surface area contributed by atoms with Gasteiger partial charge in [-0.3, -0.25) is 4.79 Å². The van der Waals surface area contributed by atoms with E-state index in [1.807, 2.05) is 61.5 Å². The molecule has 30 heavy (non-hydrogen) atoms. The Bertz CT molecular complexity index is 924. The topological polar surface area (TPSA) is 69.7 Å². The summed E-state index contributed by atoms with van der Waals surface area (Å²) >= 11 is 0. The quantitative estimate of drug-likeness (QED) is 0.700. The lowest BCUT2D eigenvalue weighted by Gasteiger charge is -2.30. The number of carbonyl (C=O) groups is 1. The van der Waals surface area contributed by atoms with Crippen molar-refractivity contribution in [2.75, 3.05) is 45.0 Å². The van der Waals surface area contributed by atoms with Gasteiger partial charge in [0, 0.05) is 44.8 Å². The molecular weight excluding hydrogens is 398 g/mol. The van der Waals surface area contributed by atoms with E-state index in [-0.39, 0.29) is 24.1 Å². The molecule has 1 N–H and O–H groups in total. The number of nitrogens with zero attached hydrogens (tertiary/aromatic N) is 2. The van der Waals surface area contributed by atoms with E-state index >= 15 is 0 Å². The van der Waals surface area contributed by atoms with Crippen molar-refractivity contribution in [1.29, 1.82) is 0 Å². The molecule has 0 radical (unpaired) electrons. The van der Waals surface area contributed by atoms with Gasteiger partial charge in [0.1, 0.15) is 0 Å². The summed E-state index contributed by atoms with van der Waals surface area (Å²) in [5, 5.41) is 3.17. The highest BCUT2D eigenvalue weighted by atomic mass is 32.2. The lowest BCUT2D eigenvalue weighted by molar-refractivity contribution is 0.0757. The smallest absolute Gasteiger partial charge is 0.253 e. The largest absolute Gasteiger partial charge is 0.337 e. The van der Waals surface area contributed by atoms with E-state index in [2.05, 4.69) is 12.2 Å². The molecule has 2 aromatic rings. The molecular formula is C23H31N3O3S. The summed E-state index contributed by atoms with van der Waals surface area (Å²) in [5.41, 5.74) is 2.79. The molecule has 1 atom stereocenters. The molecule has 1 fully saturated rings. The Kier molecular flexibility index (Phi) is 7.64. The summed E-state index contributed by atoms with van der Waals surface area (Å²) in [4.78, 5) is 14.9. The number of amides is 1. The Balaban J connectivity index is 1.76. The van der Waals surface area contributed by atoms with Crippen LogP contribution in [0.2, 0.25) is 0 Å². The molecule has 0 aromatic heterocycles. The van der Waals surface area contributed by atoms with Crippen LogP contribution in [0.4, 0.5) is 0 Å². The van der Waals surface area contributed by atoms with Crippen molar-refractivity contribution in [1.82, 2.24) is 14.5 Å². The number of rotatable bonds is 8. The van der Waals surface area contributed by atoms with Crippen molar-refractivity contribution in [2.24, 2.45) is 0 Å². The third-order valence-corrected chi connectivity index (χ3v) is 7.39. The molecule has 0 spiro atoms. The second-order valence-electron chi connectivity index (χ2n) is 7.89. The van der Waals surface area contributed by atoms with Gasteiger partial charge < -0.3 is 10.2 Å². The van der Waals surface area contributed by atoms with Crippen LogP contribution in [0.3, 0.4) is 0 Å². The summed E-state index contributed by atoms with van der Waals surface area (Å²) in [6.45, 7) is 6.97. The van der Waals surface area contributed by atoms with E-state index in [9.17, 15) is 13.2 Å². The molecule has 0 saturated carbocycles. The number of sulfonamides is 1. The van der Waals surface area contributed by atoms with E-state index in [0.29, 0.717) is 38.3 Å². The summed E-state index contributed by atoms with van der Waals surface area (Å²) in [7, 11) is -3.40. The first-order chi connectivity index (χ1) is 14.4. The van der Waals surface area contributed by atoms with Gasteiger partial charge in [0.2, 0.25) is 10.0 Å². The molecule has 1 saturated heterocycles. The first-order valence-corrected chi connectivity index (χ1v) is 12.1. The number of carbonyl (C=O) groups excluding carboxylic acids is 1. The van der Waals surface area contributed by atoms with Crippen LogP contribution in [0.1, 0.15) is 34.3 Å². The van der Waals surface area contributed by atoms with Crippen molar-refractivity contribution in [2.45, 2.75) is 19.8 Å². The molecule has 0 bridgehead atoms. The average molecular weight is 430 g/mol. The van der Waals surface area contributed by atoms with E-state index in [1.54, 1.807) is 4.90 Å². The molecule has 1 heterocycles. The first kappa shape index (κ1) is 22.5. The van der Waals surface area contributed by atoms with Crippen LogP contribution in [-0.4, -0.2) is 68.6 Å². The van der Waals surface area contributed by atoms with Gasteiger partial charge in [0.15, 0.2) is 0 Å². The maximum Gasteiger partial charge on any atom is 0.253 e. The maximum absolute atomic E-state index is 13.2. The Labute approximate surface area is 179 Å². The number of aryl methyl sites for hydroxylation is 1. The monoisotopic (exact) mass is 429 g/mol. The fourth-order valence-corrected chi connectivity index (χ4v) is 5.10. The SMILES string of the molecule is Cc1ccc(C(=O)N(CCS(=O)(=O)N2CCNCC2)C[C@@H](C)c2ccccc2)cc1.